The SMILES string of the molecule is CCNC(c1ccc(C)nc1)c1cccc(OC2CC2)c1. The van der Waals surface area contributed by atoms with Gasteiger partial charge >= 0.3 is 0 Å². The largest absolute Gasteiger partial charge is 0.490 e. The molecule has 1 N–H and O–H groups in total. The molecule has 110 valence electrons. The van der Waals surface area contributed by atoms with E-state index in [1.54, 1.807) is 0 Å². The van der Waals surface area contributed by atoms with E-state index >= 15 is 0 Å². The van der Waals surface area contributed by atoms with Crippen LogP contribution in [0.3, 0.4) is 0 Å². The van der Waals surface area contributed by atoms with Crippen LogP contribution in [0, 0.1) is 6.92 Å². The molecular weight excluding hydrogens is 260 g/mol. The topological polar surface area (TPSA) is 34.2 Å². The Labute approximate surface area is 126 Å². The molecule has 3 nitrogen and oxygen atoms in total. The Bertz CT molecular complexity index is 590. The van der Waals surface area contributed by atoms with Gasteiger partial charge in [0.2, 0.25) is 0 Å². The Balaban J connectivity index is 1.86. The lowest BCUT2D eigenvalue weighted by Gasteiger charge is -2.19. The molecule has 0 bridgehead atoms. The van der Waals surface area contributed by atoms with Crippen LogP contribution in [-0.2, 0) is 0 Å². The van der Waals surface area contributed by atoms with Crippen molar-refractivity contribution in [2.45, 2.75) is 38.8 Å². The van der Waals surface area contributed by atoms with Gasteiger partial charge in [-0.05, 0) is 55.6 Å². The van der Waals surface area contributed by atoms with E-state index in [0.717, 1.165) is 18.0 Å². The van der Waals surface area contributed by atoms with Crippen LogP contribution < -0.4 is 10.1 Å². The lowest BCUT2D eigenvalue weighted by molar-refractivity contribution is 0.302. The van der Waals surface area contributed by atoms with E-state index in [-0.39, 0.29) is 6.04 Å². The molecule has 3 rings (SSSR count). The van der Waals surface area contributed by atoms with Crippen LogP contribution in [0.2, 0.25) is 0 Å². The Morgan fingerprint density at radius 2 is 2.10 bits per heavy atom. The van der Waals surface area contributed by atoms with Gasteiger partial charge in [-0.2, -0.15) is 0 Å². The van der Waals surface area contributed by atoms with E-state index in [4.69, 9.17) is 4.74 Å². The summed E-state index contributed by atoms with van der Waals surface area (Å²) in [6.07, 6.45) is 4.75. The molecule has 0 saturated heterocycles. The van der Waals surface area contributed by atoms with Gasteiger partial charge in [0.1, 0.15) is 5.75 Å². The minimum atomic E-state index is 0.158. The predicted molar refractivity (Wildman–Crippen MR) is 84.6 cm³/mol. The number of pyridine rings is 1. The van der Waals surface area contributed by atoms with E-state index in [1.807, 2.05) is 19.2 Å². The summed E-state index contributed by atoms with van der Waals surface area (Å²) in [7, 11) is 0. The minimum absolute atomic E-state index is 0.158. The van der Waals surface area contributed by atoms with Gasteiger partial charge in [0.05, 0.1) is 12.1 Å². The molecule has 1 saturated carbocycles. The van der Waals surface area contributed by atoms with Gasteiger partial charge in [-0.1, -0.05) is 25.1 Å². The summed E-state index contributed by atoms with van der Waals surface area (Å²) in [5.74, 6) is 0.970. The molecule has 0 spiro atoms. The first-order valence-electron chi connectivity index (χ1n) is 7.69. The van der Waals surface area contributed by atoms with Gasteiger partial charge in [0, 0.05) is 11.9 Å². The number of nitrogens with zero attached hydrogens (tertiary/aromatic N) is 1. The monoisotopic (exact) mass is 282 g/mol. The molecule has 1 aromatic carbocycles. The maximum absolute atomic E-state index is 5.91. The Hall–Kier alpha value is -1.87. The van der Waals surface area contributed by atoms with Gasteiger partial charge < -0.3 is 10.1 Å². The third-order valence-electron chi connectivity index (χ3n) is 3.69. The van der Waals surface area contributed by atoms with Gasteiger partial charge in [-0.3, -0.25) is 4.98 Å². The van der Waals surface area contributed by atoms with Crippen LogP contribution in [0.1, 0.15) is 42.6 Å². The number of benzene rings is 1. The van der Waals surface area contributed by atoms with E-state index in [1.165, 1.54) is 24.0 Å². The van der Waals surface area contributed by atoms with E-state index < -0.39 is 0 Å². The number of hydrogen-bond acceptors (Lipinski definition) is 3. The fourth-order valence-corrected chi connectivity index (χ4v) is 2.43. The number of aromatic nitrogens is 1. The summed E-state index contributed by atoms with van der Waals surface area (Å²) < 4.78 is 5.91. The average Bonchev–Trinajstić information content (AvgIpc) is 3.30. The van der Waals surface area contributed by atoms with Crippen molar-refractivity contribution in [1.29, 1.82) is 0 Å². The van der Waals surface area contributed by atoms with E-state index in [2.05, 4.69) is 47.6 Å². The predicted octanol–water partition coefficient (Wildman–Crippen LogP) is 3.63. The zero-order valence-electron chi connectivity index (χ0n) is 12.7. The second-order valence-corrected chi connectivity index (χ2v) is 5.61. The molecule has 3 heteroatoms. The fraction of sp³-hybridized carbons (Fsp3) is 0.389. The molecule has 1 unspecified atom stereocenters. The van der Waals surface area contributed by atoms with Gasteiger partial charge in [0.15, 0.2) is 0 Å². The maximum atomic E-state index is 5.91. The Morgan fingerprint density at radius 1 is 1.24 bits per heavy atom. The highest BCUT2D eigenvalue weighted by atomic mass is 16.5. The molecule has 21 heavy (non-hydrogen) atoms. The van der Waals surface area contributed by atoms with Gasteiger partial charge in [-0.25, -0.2) is 0 Å². The Morgan fingerprint density at radius 3 is 2.76 bits per heavy atom. The van der Waals surface area contributed by atoms with Crippen LogP contribution in [-0.4, -0.2) is 17.6 Å². The minimum Gasteiger partial charge on any atom is -0.490 e. The number of ether oxygens (including phenoxy) is 1. The average molecular weight is 282 g/mol. The molecule has 1 aliphatic rings. The zero-order chi connectivity index (χ0) is 14.7. The van der Waals surface area contributed by atoms with Crippen molar-refractivity contribution in [2.24, 2.45) is 0 Å². The van der Waals surface area contributed by atoms with Crippen molar-refractivity contribution in [1.82, 2.24) is 10.3 Å². The molecule has 0 radical (unpaired) electrons. The molecule has 0 amide bonds. The zero-order valence-corrected chi connectivity index (χ0v) is 12.7. The van der Waals surface area contributed by atoms with Crippen molar-refractivity contribution in [3.8, 4) is 5.75 Å². The summed E-state index contributed by atoms with van der Waals surface area (Å²) >= 11 is 0. The first-order chi connectivity index (χ1) is 10.3. The maximum Gasteiger partial charge on any atom is 0.120 e. The molecule has 2 aromatic rings. The summed E-state index contributed by atoms with van der Waals surface area (Å²) in [5.41, 5.74) is 3.45. The number of nitrogens with one attached hydrogen (secondary N) is 1. The van der Waals surface area contributed by atoms with Crippen molar-refractivity contribution >= 4 is 0 Å². The van der Waals surface area contributed by atoms with Crippen molar-refractivity contribution < 1.29 is 4.74 Å². The first-order valence-corrected chi connectivity index (χ1v) is 7.69. The first kappa shape index (κ1) is 14.1. The van der Waals surface area contributed by atoms with Crippen molar-refractivity contribution in [3.63, 3.8) is 0 Å². The van der Waals surface area contributed by atoms with Crippen LogP contribution in [0.4, 0.5) is 0 Å². The summed E-state index contributed by atoms with van der Waals surface area (Å²) in [4.78, 5) is 4.42. The van der Waals surface area contributed by atoms with Crippen molar-refractivity contribution in [2.75, 3.05) is 6.54 Å². The van der Waals surface area contributed by atoms with Crippen LogP contribution in [0.25, 0.3) is 0 Å². The molecule has 1 atom stereocenters. The molecule has 1 aromatic heterocycles. The summed E-state index contributed by atoms with van der Waals surface area (Å²) in [6.45, 7) is 5.04. The molecule has 1 fully saturated rings. The summed E-state index contributed by atoms with van der Waals surface area (Å²) in [6, 6.07) is 12.8. The van der Waals surface area contributed by atoms with E-state index in [0.29, 0.717) is 6.10 Å². The lowest BCUT2D eigenvalue weighted by Crippen LogP contribution is -2.22. The third-order valence-corrected chi connectivity index (χ3v) is 3.69. The highest BCUT2D eigenvalue weighted by molar-refractivity contribution is 5.36. The molecule has 1 heterocycles. The lowest BCUT2D eigenvalue weighted by atomic mass is 9.99. The van der Waals surface area contributed by atoms with Gasteiger partial charge in [0.25, 0.3) is 0 Å². The second kappa shape index (κ2) is 6.27. The molecule has 0 aliphatic heterocycles. The van der Waals surface area contributed by atoms with Crippen LogP contribution in [0.5, 0.6) is 5.75 Å². The third kappa shape index (κ3) is 3.61. The molecular formula is C18H22N2O. The van der Waals surface area contributed by atoms with Crippen LogP contribution in [0.15, 0.2) is 42.6 Å². The van der Waals surface area contributed by atoms with Crippen LogP contribution >= 0.6 is 0 Å². The second-order valence-electron chi connectivity index (χ2n) is 5.61. The van der Waals surface area contributed by atoms with E-state index in [9.17, 15) is 0 Å². The number of hydrogen-bond donors (Lipinski definition) is 1. The highest BCUT2D eigenvalue weighted by Crippen LogP contribution is 2.29. The quantitative estimate of drug-likeness (QED) is 0.878. The van der Waals surface area contributed by atoms with Crippen molar-refractivity contribution in [3.05, 3.63) is 59.4 Å². The Kier molecular flexibility index (Phi) is 4.20. The fourth-order valence-electron chi connectivity index (χ4n) is 2.43. The number of rotatable bonds is 6. The molecule has 1 aliphatic carbocycles. The van der Waals surface area contributed by atoms with Gasteiger partial charge in [-0.15, -0.1) is 0 Å². The summed E-state index contributed by atoms with van der Waals surface area (Å²) in [5, 5.41) is 3.54. The highest BCUT2D eigenvalue weighted by Gasteiger charge is 2.24. The standard InChI is InChI=1S/C18H22N2O/c1-3-19-18(15-8-7-13(2)20-12-15)14-5-4-6-17(11-14)21-16-9-10-16/h4-8,11-12,16,18-19H,3,9-10H2,1-2H3. The normalized spacial score (nSPS) is 15.7. The number of aryl methyl sites for hydroxylation is 1. The smallest absolute Gasteiger partial charge is 0.120 e.